The zero-order valence-electron chi connectivity index (χ0n) is 13.9. The first-order valence-corrected chi connectivity index (χ1v) is 8.94. The molecule has 0 aliphatic rings. The molecule has 134 valence electrons. The molecule has 2 aromatic rings. The van der Waals surface area contributed by atoms with Gasteiger partial charge in [0.15, 0.2) is 11.5 Å². The number of benzene rings is 2. The molecule has 0 radical (unpaired) electrons. The highest BCUT2D eigenvalue weighted by Gasteiger charge is 2.14. The van der Waals surface area contributed by atoms with Gasteiger partial charge in [-0.2, -0.15) is 0 Å². The molecule has 0 aliphatic heterocycles. The van der Waals surface area contributed by atoms with Crippen LogP contribution in [0.2, 0.25) is 5.02 Å². The van der Waals surface area contributed by atoms with Crippen LogP contribution >= 0.6 is 27.5 Å². The number of nitrogens with one attached hydrogen (secondary N) is 1. The van der Waals surface area contributed by atoms with Crippen LogP contribution in [0.1, 0.15) is 19.4 Å². The molecule has 7 heteroatoms. The quantitative estimate of drug-likeness (QED) is 0.655. The van der Waals surface area contributed by atoms with E-state index < -0.39 is 5.82 Å². The topological polar surface area (TPSA) is 47.6 Å². The first kappa shape index (κ1) is 19.5. The zero-order chi connectivity index (χ0) is 18.4. The number of halogens is 3. The van der Waals surface area contributed by atoms with Gasteiger partial charge in [-0.3, -0.25) is 4.79 Å². The van der Waals surface area contributed by atoms with Gasteiger partial charge in [-0.05, 0) is 49.7 Å². The molecule has 0 saturated heterocycles. The van der Waals surface area contributed by atoms with Gasteiger partial charge in [-0.1, -0.05) is 27.5 Å². The second-order valence-electron chi connectivity index (χ2n) is 5.11. The van der Waals surface area contributed by atoms with E-state index in [1.807, 2.05) is 13.8 Å². The van der Waals surface area contributed by atoms with E-state index in [1.165, 1.54) is 12.1 Å². The zero-order valence-corrected chi connectivity index (χ0v) is 16.2. The molecule has 4 nitrogen and oxygen atoms in total. The molecule has 0 aliphatic carbocycles. The Balaban J connectivity index is 2.17. The number of hydrogen-bond donors (Lipinski definition) is 1. The third-order valence-corrected chi connectivity index (χ3v) is 4.24. The van der Waals surface area contributed by atoms with Gasteiger partial charge in [0.2, 0.25) is 5.91 Å². The van der Waals surface area contributed by atoms with Crippen LogP contribution in [0.4, 0.5) is 10.1 Å². The van der Waals surface area contributed by atoms with Crippen molar-refractivity contribution < 1.29 is 18.7 Å². The Kier molecular flexibility index (Phi) is 7.08. The molecule has 1 N–H and O–H groups in total. The normalized spacial score (nSPS) is 10.4. The molecule has 2 rings (SSSR count). The highest BCUT2D eigenvalue weighted by atomic mass is 79.9. The van der Waals surface area contributed by atoms with Gasteiger partial charge in [-0.15, -0.1) is 0 Å². The molecule has 0 bridgehead atoms. The monoisotopic (exact) mass is 429 g/mol. The lowest BCUT2D eigenvalue weighted by atomic mass is 10.1. The van der Waals surface area contributed by atoms with Crippen molar-refractivity contribution in [3.8, 4) is 11.5 Å². The summed E-state index contributed by atoms with van der Waals surface area (Å²) in [6.45, 7) is 4.73. The number of carbonyl (C=O) groups is 1. The first-order chi connectivity index (χ1) is 11.9. The predicted octanol–water partition coefficient (Wildman–Crippen LogP) is 5.22. The van der Waals surface area contributed by atoms with Crippen molar-refractivity contribution in [3.05, 3.63) is 51.2 Å². The van der Waals surface area contributed by atoms with E-state index in [1.54, 1.807) is 12.1 Å². The summed E-state index contributed by atoms with van der Waals surface area (Å²) in [6.07, 6.45) is 0.0507. The van der Waals surface area contributed by atoms with Crippen molar-refractivity contribution in [1.29, 1.82) is 0 Å². The van der Waals surface area contributed by atoms with Crippen LogP contribution in [0.5, 0.6) is 11.5 Å². The molecule has 1 amide bonds. The number of carbonyl (C=O) groups excluding carboxylic acids is 1. The SMILES string of the molecule is CCOc1cc(Br)c(CC(=O)Nc2ccc(Cl)cc2F)cc1OCC. The van der Waals surface area contributed by atoms with Crippen molar-refractivity contribution in [2.24, 2.45) is 0 Å². The molecule has 0 spiro atoms. The average molecular weight is 431 g/mol. The van der Waals surface area contributed by atoms with E-state index >= 15 is 0 Å². The summed E-state index contributed by atoms with van der Waals surface area (Å²) in [5.41, 5.74) is 0.792. The number of anilines is 1. The lowest BCUT2D eigenvalue weighted by molar-refractivity contribution is -0.115. The van der Waals surface area contributed by atoms with Gasteiger partial charge >= 0.3 is 0 Å². The lowest BCUT2D eigenvalue weighted by Crippen LogP contribution is -2.16. The van der Waals surface area contributed by atoms with Gasteiger partial charge < -0.3 is 14.8 Å². The summed E-state index contributed by atoms with van der Waals surface area (Å²) < 4.78 is 25.6. The van der Waals surface area contributed by atoms with Crippen LogP contribution in [0, 0.1) is 5.82 Å². The van der Waals surface area contributed by atoms with Gasteiger partial charge in [0.25, 0.3) is 0 Å². The van der Waals surface area contributed by atoms with Crippen LogP contribution in [0.25, 0.3) is 0 Å². The minimum atomic E-state index is -0.582. The van der Waals surface area contributed by atoms with Crippen molar-refractivity contribution in [2.75, 3.05) is 18.5 Å². The van der Waals surface area contributed by atoms with Crippen LogP contribution in [0.3, 0.4) is 0 Å². The molecule has 0 saturated carbocycles. The maximum atomic E-state index is 13.8. The molecule has 0 heterocycles. The summed E-state index contributed by atoms with van der Waals surface area (Å²) in [5, 5.41) is 2.81. The molecular formula is C18H18BrClFNO3. The Hall–Kier alpha value is -1.79. The Morgan fingerprint density at radius 2 is 1.80 bits per heavy atom. The van der Waals surface area contributed by atoms with E-state index in [2.05, 4.69) is 21.2 Å². The molecular weight excluding hydrogens is 413 g/mol. The number of amides is 1. The third kappa shape index (κ3) is 5.34. The second-order valence-corrected chi connectivity index (χ2v) is 6.40. The van der Waals surface area contributed by atoms with E-state index in [9.17, 15) is 9.18 Å². The second kappa shape index (κ2) is 9.06. The minimum absolute atomic E-state index is 0.0507. The Bertz CT molecular complexity index is 770. The van der Waals surface area contributed by atoms with Crippen LogP contribution in [-0.2, 0) is 11.2 Å². The smallest absolute Gasteiger partial charge is 0.228 e. The number of ether oxygens (including phenoxy) is 2. The van der Waals surface area contributed by atoms with Crippen molar-refractivity contribution in [2.45, 2.75) is 20.3 Å². The van der Waals surface area contributed by atoms with E-state index in [0.29, 0.717) is 34.7 Å². The minimum Gasteiger partial charge on any atom is -0.490 e. The lowest BCUT2D eigenvalue weighted by Gasteiger charge is -2.14. The first-order valence-electron chi connectivity index (χ1n) is 7.77. The Morgan fingerprint density at radius 1 is 1.16 bits per heavy atom. The van der Waals surface area contributed by atoms with Gasteiger partial charge in [0.1, 0.15) is 5.82 Å². The maximum Gasteiger partial charge on any atom is 0.228 e. The fourth-order valence-corrected chi connectivity index (χ4v) is 2.83. The highest BCUT2D eigenvalue weighted by Crippen LogP contribution is 2.34. The largest absolute Gasteiger partial charge is 0.490 e. The van der Waals surface area contributed by atoms with Crippen molar-refractivity contribution in [3.63, 3.8) is 0 Å². The van der Waals surface area contributed by atoms with E-state index in [0.717, 1.165) is 6.07 Å². The fraction of sp³-hybridized carbons (Fsp3) is 0.278. The highest BCUT2D eigenvalue weighted by molar-refractivity contribution is 9.10. The fourth-order valence-electron chi connectivity index (χ4n) is 2.21. The number of rotatable bonds is 7. The molecule has 25 heavy (non-hydrogen) atoms. The van der Waals surface area contributed by atoms with Crippen LogP contribution in [-0.4, -0.2) is 19.1 Å². The molecule has 2 aromatic carbocycles. The molecule has 0 atom stereocenters. The van der Waals surface area contributed by atoms with Crippen LogP contribution in [0.15, 0.2) is 34.8 Å². The summed E-state index contributed by atoms with van der Waals surface area (Å²) >= 11 is 9.14. The van der Waals surface area contributed by atoms with E-state index in [4.69, 9.17) is 21.1 Å². The van der Waals surface area contributed by atoms with Crippen molar-refractivity contribution >= 4 is 39.1 Å². The van der Waals surface area contributed by atoms with Crippen LogP contribution < -0.4 is 14.8 Å². The Labute approximate surface area is 159 Å². The van der Waals surface area contributed by atoms with Gasteiger partial charge in [-0.25, -0.2) is 4.39 Å². The van der Waals surface area contributed by atoms with E-state index in [-0.39, 0.29) is 23.0 Å². The molecule has 0 unspecified atom stereocenters. The number of hydrogen-bond acceptors (Lipinski definition) is 3. The summed E-state index contributed by atoms with van der Waals surface area (Å²) in [6, 6.07) is 7.60. The van der Waals surface area contributed by atoms with Crippen molar-refractivity contribution in [1.82, 2.24) is 0 Å². The summed E-state index contributed by atoms with van der Waals surface area (Å²) in [4.78, 5) is 12.2. The Morgan fingerprint density at radius 3 is 2.40 bits per heavy atom. The molecule has 0 aromatic heterocycles. The maximum absolute atomic E-state index is 13.8. The summed E-state index contributed by atoms with van der Waals surface area (Å²) in [7, 11) is 0. The van der Waals surface area contributed by atoms with Gasteiger partial charge in [0, 0.05) is 9.50 Å². The third-order valence-electron chi connectivity index (χ3n) is 3.27. The average Bonchev–Trinajstić information content (AvgIpc) is 2.55. The standard InChI is InChI=1S/C18H18BrClFNO3/c1-3-24-16-7-11(13(19)10-17(16)25-4-2)8-18(23)22-15-6-5-12(20)9-14(15)21/h5-7,9-10H,3-4,8H2,1-2H3,(H,22,23). The summed E-state index contributed by atoms with van der Waals surface area (Å²) in [5.74, 6) is 0.229. The molecule has 0 fully saturated rings. The van der Waals surface area contributed by atoms with Gasteiger partial charge in [0.05, 0.1) is 25.3 Å². The predicted molar refractivity (Wildman–Crippen MR) is 100 cm³/mol.